The molecule has 0 radical (unpaired) electrons. The van der Waals surface area contributed by atoms with E-state index in [1.165, 1.54) is 22.5 Å². The summed E-state index contributed by atoms with van der Waals surface area (Å²) in [4.78, 5) is 0. The second-order valence-corrected chi connectivity index (χ2v) is 5.19. The van der Waals surface area contributed by atoms with Crippen molar-refractivity contribution in [1.29, 1.82) is 0 Å². The number of nitrogens with one attached hydrogen (secondary N) is 2. The molecular weight excluding hydrogens is 184 g/mol. The first-order valence-electron chi connectivity index (χ1n) is 5.67. The highest BCUT2D eigenvalue weighted by molar-refractivity contribution is 5.75. The van der Waals surface area contributed by atoms with Crippen LogP contribution in [0.5, 0.6) is 0 Å². The minimum atomic E-state index is 0.227. The average molecular weight is 204 g/mol. The lowest BCUT2D eigenvalue weighted by atomic mass is 9.82. The van der Waals surface area contributed by atoms with E-state index in [-0.39, 0.29) is 5.41 Å². The van der Waals surface area contributed by atoms with Crippen molar-refractivity contribution in [2.24, 2.45) is 0 Å². The van der Waals surface area contributed by atoms with Crippen LogP contribution >= 0.6 is 0 Å². The summed E-state index contributed by atoms with van der Waals surface area (Å²) in [6.07, 6.45) is 1.10. The van der Waals surface area contributed by atoms with Crippen LogP contribution in [-0.4, -0.2) is 6.67 Å². The van der Waals surface area contributed by atoms with Crippen molar-refractivity contribution in [3.8, 4) is 0 Å². The first-order valence-corrected chi connectivity index (χ1v) is 5.67. The van der Waals surface area contributed by atoms with E-state index >= 15 is 0 Å². The molecule has 0 unspecified atom stereocenters. The molecule has 15 heavy (non-hydrogen) atoms. The van der Waals surface area contributed by atoms with E-state index in [0.717, 1.165) is 13.1 Å². The Bertz CT molecular complexity index is 375. The predicted molar refractivity (Wildman–Crippen MR) is 66.6 cm³/mol. The number of rotatable bonds is 1. The third-order valence-electron chi connectivity index (χ3n) is 2.99. The third-order valence-corrected chi connectivity index (χ3v) is 2.99. The number of anilines is 2. The Labute approximate surface area is 92.1 Å². The summed E-state index contributed by atoms with van der Waals surface area (Å²) in [5.74, 6) is 0. The molecule has 0 amide bonds. The SMILES string of the molecule is CCc1cc2c(cc1C(C)(C)C)NCN2. The molecular formula is C13H20N2. The molecule has 0 aromatic heterocycles. The lowest BCUT2D eigenvalue weighted by Gasteiger charge is -2.23. The zero-order valence-electron chi connectivity index (χ0n) is 10.1. The molecule has 0 bridgehead atoms. The maximum atomic E-state index is 3.35. The second-order valence-electron chi connectivity index (χ2n) is 5.19. The van der Waals surface area contributed by atoms with Gasteiger partial charge >= 0.3 is 0 Å². The minimum absolute atomic E-state index is 0.227. The zero-order valence-corrected chi connectivity index (χ0v) is 10.1. The Morgan fingerprint density at radius 1 is 1.13 bits per heavy atom. The van der Waals surface area contributed by atoms with E-state index in [1.807, 2.05) is 0 Å². The maximum absolute atomic E-state index is 3.35. The van der Waals surface area contributed by atoms with Crippen molar-refractivity contribution in [2.45, 2.75) is 39.5 Å². The number of fused-ring (bicyclic) bond motifs is 1. The fourth-order valence-electron chi connectivity index (χ4n) is 2.16. The molecule has 2 nitrogen and oxygen atoms in total. The number of benzene rings is 1. The van der Waals surface area contributed by atoms with Crippen LogP contribution in [0, 0.1) is 0 Å². The summed E-state index contributed by atoms with van der Waals surface area (Å²) in [6.45, 7) is 9.90. The van der Waals surface area contributed by atoms with Gasteiger partial charge in [-0.15, -0.1) is 0 Å². The lowest BCUT2D eigenvalue weighted by molar-refractivity contribution is 0.584. The van der Waals surface area contributed by atoms with E-state index in [9.17, 15) is 0 Å². The maximum Gasteiger partial charge on any atom is 0.0850 e. The summed E-state index contributed by atoms with van der Waals surface area (Å²) in [5, 5.41) is 6.70. The summed E-state index contributed by atoms with van der Waals surface area (Å²) in [7, 11) is 0. The second kappa shape index (κ2) is 3.44. The van der Waals surface area contributed by atoms with Crippen LogP contribution in [0.1, 0.15) is 38.8 Å². The normalized spacial score (nSPS) is 14.4. The molecule has 0 aliphatic carbocycles. The summed E-state index contributed by atoms with van der Waals surface area (Å²) < 4.78 is 0. The molecule has 0 fully saturated rings. The van der Waals surface area contributed by atoms with Crippen LogP contribution in [0.2, 0.25) is 0 Å². The fourth-order valence-corrected chi connectivity index (χ4v) is 2.16. The summed E-state index contributed by atoms with van der Waals surface area (Å²) >= 11 is 0. The van der Waals surface area contributed by atoms with E-state index in [0.29, 0.717) is 0 Å². The smallest absolute Gasteiger partial charge is 0.0850 e. The number of hydrogen-bond acceptors (Lipinski definition) is 2. The highest BCUT2D eigenvalue weighted by Crippen LogP contribution is 2.35. The molecule has 1 aromatic carbocycles. The van der Waals surface area contributed by atoms with Crippen LogP contribution in [0.4, 0.5) is 11.4 Å². The van der Waals surface area contributed by atoms with Gasteiger partial charge in [0.2, 0.25) is 0 Å². The van der Waals surface area contributed by atoms with Crippen molar-refractivity contribution in [1.82, 2.24) is 0 Å². The number of hydrogen-bond donors (Lipinski definition) is 2. The molecule has 0 saturated heterocycles. The van der Waals surface area contributed by atoms with Crippen LogP contribution in [0.3, 0.4) is 0 Å². The monoisotopic (exact) mass is 204 g/mol. The molecule has 1 aliphatic rings. The van der Waals surface area contributed by atoms with Gasteiger partial charge in [-0.25, -0.2) is 0 Å². The molecule has 82 valence electrons. The minimum Gasteiger partial charge on any atom is -0.366 e. The largest absolute Gasteiger partial charge is 0.366 e. The predicted octanol–water partition coefficient (Wildman–Crippen LogP) is 3.34. The average Bonchev–Trinajstić information content (AvgIpc) is 2.60. The van der Waals surface area contributed by atoms with E-state index in [4.69, 9.17) is 0 Å². The highest BCUT2D eigenvalue weighted by atomic mass is 15.1. The van der Waals surface area contributed by atoms with Crippen molar-refractivity contribution in [2.75, 3.05) is 17.3 Å². The standard InChI is InChI=1S/C13H20N2/c1-5-9-6-11-12(15-8-14-11)7-10(9)13(2,3)4/h6-7,14-15H,5,8H2,1-4H3. The summed E-state index contributed by atoms with van der Waals surface area (Å²) in [6, 6.07) is 4.59. The van der Waals surface area contributed by atoms with Gasteiger partial charge in [0, 0.05) is 0 Å². The molecule has 0 saturated carbocycles. The van der Waals surface area contributed by atoms with Crippen LogP contribution < -0.4 is 10.6 Å². The molecule has 0 atom stereocenters. The Balaban J connectivity index is 2.54. The third kappa shape index (κ3) is 1.81. The van der Waals surface area contributed by atoms with E-state index in [1.54, 1.807) is 0 Å². The van der Waals surface area contributed by atoms with Gasteiger partial charge in [-0.2, -0.15) is 0 Å². The summed E-state index contributed by atoms with van der Waals surface area (Å²) in [5.41, 5.74) is 5.64. The molecule has 1 aliphatic heterocycles. The molecule has 1 aromatic rings. The van der Waals surface area contributed by atoms with E-state index < -0.39 is 0 Å². The highest BCUT2D eigenvalue weighted by Gasteiger charge is 2.21. The van der Waals surface area contributed by atoms with Crippen molar-refractivity contribution in [3.63, 3.8) is 0 Å². The Morgan fingerprint density at radius 2 is 1.73 bits per heavy atom. The van der Waals surface area contributed by atoms with Gasteiger partial charge in [0.15, 0.2) is 0 Å². The fraction of sp³-hybridized carbons (Fsp3) is 0.538. The Hall–Kier alpha value is -1.18. The van der Waals surface area contributed by atoms with Gasteiger partial charge < -0.3 is 10.6 Å². The quantitative estimate of drug-likeness (QED) is 0.733. The first kappa shape index (κ1) is 10.3. The number of aryl methyl sites for hydroxylation is 1. The first-order chi connectivity index (χ1) is 7.02. The van der Waals surface area contributed by atoms with Crippen molar-refractivity contribution in [3.05, 3.63) is 23.3 Å². The van der Waals surface area contributed by atoms with E-state index in [2.05, 4.69) is 50.5 Å². The van der Waals surface area contributed by atoms with Crippen LogP contribution in [0.15, 0.2) is 12.1 Å². The van der Waals surface area contributed by atoms with Gasteiger partial charge in [-0.05, 0) is 35.1 Å². The molecule has 1 heterocycles. The molecule has 2 N–H and O–H groups in total. The van der Waals surface area contributed by atoms with Gasteiger partial charge in [-0.1, -0.05) is 27.7 Å². The van der Waals surface area contributed by atoms with Gasteiger partial charge in [-0.3, -0.25) is 0 Å². The zero-order chi connectivity index (χ0) is 11.1. The lowest BCUT2D eigenvalue weighted by Crippen LogP contribution is -2.14. The molecule has 0 spiro atoms. The molecule has 2 rings (SSSR count). The van der Waals surface area contributed by atoms with Crippen LogP contribution in [-0.2, 0) is 11.8 Å². The molecule has 2 heteroatoms. The van der Waals surface area contributed by atoms with Crippen LogP contribution in [0.25, 0.3) is 0 Å². The van der Waals surface area contributed by atoms with Crippen molar-refractivity contribution >= 4 is 11.4 Å². The van der Waals surface area contributed by atoms with Gasteiger partial charge in [0.05, 0.1) is 18.0 Å². The van der Waals surface area contributed by atoms with Gasteiger partial charge in [0.25, 0.3) is 0 Å². The Morgan fingerprint density at radius 3 is 2.27 bits per heavy atom. The Kier molecular flexibility index (Phi) is 2.37. The topological polar surface area (TPSA) is 24.1 Å². The van der Waals surface area contributed by atoms with Gasteiger partial charge in [0.1, 0.15) is 0 Å². The van der Waals surface area contributed by atoms with Crippen molar-refractivity contribution < 1.29 is 0 Å².